The monoisotopic (exact) mass is 594 g/mol. The van der Waals surface area contributed by atoms with Crippen molar-refractivity contribution in [2.24, 2.45) is 5.92 Å². The summed E-state index contributed by atoms with van der Waals surface area (Å²) in [6, 6.07) is 7.70. The van der Waals surface area contributed by atoms with Gasteiger partial charge in [-0.1, -0.05) is 55.3 Å². The molecular weight excluding hydrogens is 552 g/mol. The number of fused-ring (bicyclic) bond motifs is 1. The minimum atomic E-state index is -0.830. The van der Waals surface area contributed by atoms with Gasteiger partial charge in [-0.2, -0.15) is 0 Å². The standard InChI is InChI=1S/C32H42N4O5S/c1-21(31(39)40)23-11-9-22(10-12-23)16-34-17-24(18-34)29(37)35-14-13-28-27(20-35)30(38)36(19-25-6-5-15-41-25)32(33-28)42-26-7-3-2-4-8-26/h9-12,21,24-26H,2-8,13-20H2,1H3,(H,39,40)/t21?,25-/m0/s1. The predicted octanol–water partition coefficient (Wildman–Crippen LogP) is 4.05. The number of nitrogens with zero attached hydrogens (tertiary/aromatic N) is 4. The fourth-order valence-electron chi connectivity index (χ4n) is 6.68. The molecule has 4 aliphatic rings. The lowest BCUT2D eigenvalue weighted by molar-refractivity contribution is -0.142. The lowest BCUT2D eigenvalue weighted by Gasteiger charge is -2.41. The number of hydrogen-bond acceptors (Lipinski definition) is 7. The predicted molar refractivity (Wildman–Crippen MR) is 161 cm³/mol. The zero-order valence-corrected chi connectivity index (χ0v) is 25.3. The van der Waals surface area contributed by atoms with E-state index in [-0.39, 0.29) is 23.5 Å². The fourth-order valence-corrected chi connectivity index (χ4v) is 8.00. The zero-order chi connectivity index (χ0) is 29.2. The Morgan fingerprint density at radius 3 is 2.55 bits per heavy atom. The second-order valence-electron chi connectivity index (χ2n) is 12.5. The number of carboxylic acids is 1. The molecule has 2 atom stereocenters. The molecule has 10 heteroatoms. The SMILES string of the molecule is CC(C(=O)O)c1ccc(CN2CC(C(=O)N3CCc4nc(SC5CCCCC5)n(C[C@@H]5CCCO5)c(=O)c4C3)C2)cc1. The highest BCUT2D eigenvalue weighted by atomic mass is 32.2. The Morgan fingerprint density at radius 2 is 1.86 bits per heavy atom. The van der Waals surface area contributed by atoms with Crippen LogP contribution in [0.3, 0.4) is 0 Å². The van der Waals surface area contributed by atoms with E-state index in [1.807, 2.05) is 33.7 Å². The number of rotatable bonds is 9. The molecule has 3 aliphatic heterocycles. The van der Waals surface area contributed by atoms with Gasteiger partial charge in [0.05, 0.1) is 42.3 Å². The van der Waals surface area contributed by atoms with Crippen LogP contribution in [0.1, 0.15) is 80.2 Å². The van der Waals surface area contributed by atoms with Crippen molar-refractivity contribution in [1.29, 1.82) is 0 Å². The Labute approximate surface area is 251 Å². The smallest absolute Gasteiger partial charge is 0.310 e. The van der Waals surface area contributed by atoms with Gasteiger partial charge in [0.1, 0.15) is 0 Å². The Kier molecular flexibility index (Phi) is 9.02. The molecule has 9 nitrogen and oxygen atoms in total. The number of likely N-dealkylation sites (tertiary alicyclic amines) is 1. The summed E-state index contributed by atoms with van der Waals surface area (Å²) in [7, 11) is 0. The van der Waals surface area contributed by atoms with Crippen molar-refractivity contribution in [1.82, 2.24) is 19.4 Å². The summed E-state index contributed by atoms with van der Waals surface area (Å²) in [5, 5.41) is 10.6. The number of amides is 1. The molecule has 1 amide bonds. The highest BCUT2D eigenvalue weighted by Gasteiger charge is 2.37. The van der Waals surface area contributed by atoms with Crippen LogP contribution in [0.2, 0.25) is 0 Å². The van der Waals surface area contributed by atoms with Gasteiger partial charge in [-0.25, -0.2) is 4.98 Å². The number of ether oxygens (including phenoxy) is 1. The average molecular weight is 595 g/mol. The first-order valence-electron chi connectivity index (χ1n) is 15.6. The van der Waals surface area contributed by atoms with E-state index in [9.17, 15) is 19.5 Å². The summed E-state index contributed by atoms with van der Waals surface area (Å²) in [5.41, 5.74) is 3.43. The van der Waals surface area contributed by atoms with Crippen LogP contribution in [0, 0.1) is 5.92 Å². The van der Waals surface area contributed by atoms with Crippen molar-refractivity contribution in [2.75, 3.05) is 26.2 Å². The summed E-state index contributed by atoms with van der Waals surface area (Å²) in [6.45, 7) is 6.01. The van der Waals surface area contributed by atoms with Crippen LogP contribution in [0.25, 0.3) is 0 Å². The first-order valence-corrected chi connectivity index (χ1v) is 16.5. The first-order chi connectivity index (χ1) is 20.4. The van der Waals surface area contributed by atoms with Crippen molar-refractivity contribution < 1.29 is 19.4 Å². The number of benzene rings is 1. The van der Waals surface area contributed by atoms with E-state index in [4.69, 9.17) is 9.72 Å². The number of aliphatic carboxylic acids is 1. The van der Waals surface area contributed by atoms with Crippen LogP contribution in [-0.2, 0) is 40.4 Å². The van der Waals surface area contributed by atoms with Gasteiger partial charge >= 0.3 is 5.97 Å². The minimum Gasteiger partial charge on any atom is -0.481 e. The van der Waals surface area contributed by atoms with Crippen LogP contribution in [-0.4, -0.2) is 73.9 Å². The fraction of sp³-hybridized carbons (Fsp3) is 0.625. The number of thioether (sulfide) groups is 1. The van der Waals surface area contributed by atoms with Crippen LogP contribution in [0.15, 0.2) is 34.2 Å². The second-order valence-corrected chi connectivity index (χ2v) is 13.7. The molecule has 1 aliphatic carbocycles. The van der Waals surface area contributed by atoms with Crippen molar-refractivity contribution in [3.63, 3.8) is 0 Å². The molecule has 0 radical (unpaired) electrons. The summed E-state index contributed by atoms with van der Waals surface area (Å²) in [5.74, 6) is -1.31. The number of carboxylic acid groups (broad SMARTS) is 1. The zero-order valence-electron chi connectivity index (χ0n) is 24.5. The maximum atomic E-state index is 13.9. The third kappa shape index (κ3) is 6.45. The van der Waals surface area contributed by atoms with Crippen molar-refractivity contribution in [2.45, 2.75) is 100 Å². The van der Waals surface area contributed by atoms with E-state index in [1.165, 1.54) is 32.1 Å². The van der Waals surface area contributed by atoms with Crippen molar-refractivity contribution >= 4 is 23.6 Å². The Bertz CT molecular complexity index is 1340. The molecule has 1 aromatic carbocycles. The Morgan fingerprint density at radius 1 is 1.10 bits per heavy atom. The summed E-state index contributed by atoms with van der Waals surface area (Å²) >= 11 is 1.77. The molecule has 1 aromatic heterocycles. The molecule has 2 saturated heterocycles. The molecule has 42 heavy (non-hydrogen) atoms. The first kappa shape index (κ1) is 29.4. The third-order valence-corrected chi connectivity index (χ3v) is 10.7. The van der Waals surface area contributed by atoms with E-state index in [2.05, 4.69) is 4.90 Å². The van der Waals surface area contributed by atoms with Gasteiger partial charge in [0.15, 0.2) is 5.16 Å². The van der Waals surface area contributed by atoms with Gasteiger partial charge in [-0.15, -0.1) is 0 Å². The maximum absolute atomic E-state index is 13.9. The van der Waals surface area contributed by atoms with Crippen molar-refractivity contribution in [3.05, 3.63) is 57.0 Å². The molecule has 0 spiro atoms. The molecule has 4 heterocycles. The topological polar surface area (TPSA) is 105 Å². The molecular formula is C32H42N4O5S. The average Bonchev–Trinajstić information content (AvgIpc) is 3.50. The quantitative estimate of drug-likeness (QED) is 0.434. The number of hydrogen-bond donors (Lipinski definition) is 1. The lowest BCUT2D eigenvalue weighted by Crippen LogP contribution is -2.55. The normalized spacial score (nSPS) is 22.5. The van der Waals surface area contributed by atoms with Gasteiger partial charge in [-0.3, -0.25) is 23.9 Å². The van der Waals surface area contributed by atoms with E-state index in [0.29, 0.717) is 50.0 Å². The largest absolute Gasteiger partial charge is 0.481 e. The second kappa shape index (κ2) is 12.9. The van der Waals surface area contributed by atoms with Gasteiger partial charge in [0.25, 0.3) is 5.56 Å². The summed E-state index contributed by atoms with van der Waals surface area (Å²) in [6.07, 6.45) is 8.78. The minimum absolute atomic E-state index is 0.00205. The lowest BCUT2D eigenvalue weighted by atomic mass is 9.95. The molecule has 6 rings (SSSR count). The molecule has 3 fully saturated rings. The molecule has 0 bridgehead atoms. The van der Waals surface area contributed by atoms with Crippen LogP contribution < -0.4 is 5.56 Å². The Hall–Kier alpha value is -2.69. The van der Waals surface area contributed by atoms with Crippen molar-refractivity contribution in [3.8, 4) is 0 Å². The molecule has 1 unspecified atom stereocenters. The highest BCUT2D eigenvalue weighted by Crippen LogP contribution is 2.34. The van der Waals surface area contributed by atoms with E-state index < -0.39 is 11.9 Å². The molecule has 1 saturated carbocycles. The van der Waals surface area contributed by atoms with Gasteiger partial charge in [0, 0.05) is 44.5 Å². The number of carbonyl (C=O) groups is 2. The number of aromatic nitrogens is 2. The van der Waals surface area contributed by atoms with Crippen LogP contribution in [0.4, 0.5) is 0 Å². The van der Waals surface area contributed by atoms with Crippen LogP contribution in [0.5, 0.6) is 0 Å². The van der Waals surface area contributed by atoms with Gasteiger partial charge in [0.2, 0.25) is 5.91 Å². The molecule has 1 N–H and O–H groups in total. The van der Waals surface area contributed by atoms with E-state index in [1.54, 1.807) is 18.7 Å². The molecule has 226 valence electrons. The maximum Gasteiger partial charge on any atom is 0.310 e. The third-order valence-electron chi connectivity index (χ3n) is 9.39. The number of carbonyl (C=O) groups excluding carboxylic acids is 1. The van der Waals surface area contributed by atoms with E-state index in [0.717, 1.165) is 48.0 Å². The van der Waals surface area contributed by atoms with E-state index >= 15 is 0 Å². The van der Waals surface area contributed by atoms with Gasteiger partial charge in [-0.05, 0) is 43.7 Å². The Balaban J connectivity index is 1.10. The summed E-state index contributed by atoms with van der Waals surface area (Å²) < 4.78 is 7.76. The molecule has 2 aromatic rings. The van der Waals surface area contributed by atoms with Crippen LogP contribution >= 0.6 is 11.8 Å². The highest BCUT2D eigenvalue weighted by molar-refractivity contribution is 7.99. The summed E-state index contributed by atoms with van der Waals surface area (Å²) in [4.78, 5) is 47.8. The van der Waals surface area contributed by atoms with Gasteiger partial charge < -0.3 is 14.7 Å².